The predicted octanol–water partition coefficient (Wildman–Crippen LogP) is 3.54. The summed E-state index contributed by atoms with van der Waals surface area (Å²) in [5.74, 6) is 2.18. The number of alkyl halides is 1. The molecule has 0 spiro atoms. The largest absolute Gasteiger partial charge is 0.159 e. The summed E-state index contributed by atoms with van der Waals surface area (Å²) < 4.78 is 0. The summed E-state index contributed by atoms with van der Waals surface area (Å²) in [4.78, 5) is 0. The average Bonchev–Trinajstić information content (AvgIpc) is 2.69. The van der Waals surface area contributed by atoms with Gasteiger partial charge in [-0.1, -0.05) is 13.8 Å². The highest BCUT2D eigenvalue weighted by Gasteiger charge is 2.40. The Balaban J connectivity index is 2.03. The van der Waals surface area contributed by atoms with Crippen LogP contribution >= 0.6 is 23.4 Å². The van der Waals surface area contributed by atoms with Gasteiger partial charge in [0.15, 0.2) is 0 Å². The Labute approximate surface area is 79.1 Å². The summed E-state index contributed by atoms with van der Waals surface area (Å²) in [6.45, 7) is 4.51. The van der Waals surface area contributed by atoms with Crippen molar-refractivity contribution in [2.24, 2.45) is 5.41 Å². The highest BCUT2D eigenvalue weighted by molar-refractivity contribution is 7.99. The standard InChI is InChI=1S/C9H17ClS/c1-8(2)11-6-5-9(7-10)3-4-9/h8H,3-7H2,1-2H3. The molecule has 0 saturated heterocycles. The van der Waals surface area contributed by atoms with Crippen molar-refractivity contribution in [1.29, 1.82) is 0 Å². The van der Waals surface area contributed by atoms with E-state index in [1.165, 1.54) is 25.0 Å². The lowest BCUT2D eigenvalue weighted by molar-refractivity contribution is 0.563. The summed E-state index contributed by atoms with van der Waals surface area (Å²) in [6, 6.07) is 0. The van der Waals surface area contributed by atoms with Crippen LogP contribution in [0.25, 0.3) is 0 Å². The van der Waals surface area contributed by atoms with Crippen molar-refractivity contribution >= 4 is 23.4 Å². The minimum absolute atomic E-state index is 0.573. The van der Waals surface area contributed by atoms with Gasteiger partial charge in [0.25, 0.3) is 0 Å². The summed E-state index contributed by atoms with van der Waals surface area (Å²) in [5, 5.41) is 0.779. The lowest BCUT2D eigenvalue weighted by Crippen LogP contribution is -2.04. The second-order valence-electron chi connectivity index (χ2n) is 3.80. The van der Waals surface area contributed by atoms with E-state index in [0.717, 1.165) is 11.1 Å². The fraction of sp³-hybridized carbons (Fsp3) is 1.00. The van der Waals surface area contributed by atoms with E-state index >= 15 is 0 Å². The molecule has 0 aliphatic heterocycles. The zero-order valence-corrected chi connectivity index (χ0v) is 8.97. The number of thioether (sulfide) groups is 1. The van der Waals surface area contributed by atoms with Crippen LogP contribution in [0.1, 0.15) is 33.1 Å². The third-order valence-electron chi connectivity index (χ3n) is 2.32. The molecule has 0 aromatic carbocycles. The van der Waals surface area contributed by atoms with Crippen molar-refractivity contribution in [3.63, 3.8) is 0 Å². The van der Waals surface area contributed by atoms with E-state index < -0.39 is 0 Å². The molecule has 1 aliphatic carbocycles. The first kappa shape index (κ1) is 9.73. The SMILES string of the molecule is CC(C)SCCC1(CCl)CC1. The van der Waals surface area contributed by atoms with Gasteiger partial charge in [0.05, 0.1) is 0 Å². The molecule has 0 atom stereocenters. The van der Waals surface area contributed by atoms with Crippen molar-refractivity contribution in [1.82, 2.24) is 0 Å². The molecule has 0 nitrogen and oxygen atoms in total. The van der Waals surface area contributed by atoms with Crippen molar-refractivity contribution < 1.29 is 0 Å². The van der Waals surface area contributed by atoms with Gasteiger partial charge >= 0.3 is 0 Å². The van der Waals surface area contributed by atoms with Crippen LogP contribution in [-0.4, -0.2) is 16.9 Å². The van der Waals surface area contributed by atoms with E-state index in [-0.39, 0.29) is 0 Å². The predicted molar refractivity (Wildman–Crippen MR) is 54.6 cm³/mol. The van der Waals surface area contributed by atoms with E-state index in [1.54, 1.807) is 0 Å². The summed E-state index contributed by atoms with van der Waals surface area (Å²) >= 11 is 7.92. The smallest absolute Gasteiger partial charge is 0.0280 e. The molecule has 1 aliphatic rings. The van der Waals surface area contributed by atoms with Crippen LogP contribution < -0.4 is 0 Å². The molecular formula is C9H17ClS. The van der Waals surface area contributed by atoms with Crippen LogP contribution in [0.2, 0.25) is 0 Å². The molecule has 0 heterocycles. The zero-order chi connectivity index (χ0) is 8.32. The third-order valence-corrected chi connectivity index (χ3v) is 4.00. The first-order valence-corrected chi connectivity index (χ1v) is 5.94. The Morgan fingerprint density at radius 2 is 2.09 bits per heavy atom. The Morgan fingerprint density at radius 3 is 2.45 bits per heavy atom. The first-order chi connectivity index (χ1) is 5.18. The van der Waals surface area contributed by atoms with Crippen LogP contribution in [0.4, 0.5) is 0 Å². The van der Waals surface area contributed by atoms with E-state index in [4.69, 9.17) is 11.6 Å². The molecule has 1 saturated carbocycles. The highest BCUT2D eigenvalue weighted by atomic mass is 35.5. The molecule has 66 valence electrons. The molecule has 0 radical (unpaired) electrons. The number of hydrogen-bond donors (Lipinski definition) is 0. The Morgan fingerprint density at radius 1 is 1.45 bits per heavy atom. The maximum absolute atomic E-state index is 5.86. The fourth-order valence-corrected chi connectivity index (χ4v) is 2.56. The van der Waals surface area contributed by atoms with E-state index in [0.29, 0.717) is 5.41 Å². The average molecular weight is 193 g/mol. The van der Waals surface area contributed by atoms with Crippen molar-refractivity contribution in [3.05, 3.63) is 0 Å². The molecule has 0 N–H and O–H groups in total. The van der Waals surface area contributed by atoms with E-state index in [9.17, 15) is 0 Å². The van der Waals surface area contributed by atoms with Gasteiger partial charge < -0.3 is 0 Å². The van der Waals surface area contributed by atoms with Gasteiger partial charge in [-0.25, -0.2) is 0 Å². The maximum Gasteiger partial charge on any atom is 0.0280 e. The fourth-order valence-electron chi connectivity index (χ4n) is 1.14. The van der Waals surface area contributed by atoms with Gasteiger partial charge in [-0.3, -0.25) is 0 Å². The van der Waals surface area contributed by atoms with Crippen molar-refractivity contribution in [2.45, 2.75) is 38.4 Å². The quantitative estimate of drug-likeness (QED) is 0.601. The molecule has 0 unspecified atom stereocenters. The van der Waals surface area contributed by atoms with E-state index in [1.807, 2.05) is 0 Å². The number of hydrogen-bond acceptors (Lipinski definition) is 1. The van der Waals surface area contributed by atoms with Crippen LogP contribution in [0.5, 0.6) is 0 Å². The second-order valence-corrected chi connectivity index (χ2v) is 5.75. The molecule has 0 aromatic heterocycles. The van der Waals surface area contributed by atoms with Gasteiger partial charge in [0.2, 0.25) is 0 Å². The normalized spacial score (nSPS) is 20.7. The molecule has 0 bridgehead atoms. The second kappa shape index (κ2) is 4.04. The minimum atomic E-state index is 0.573. The highest BCUT2D eigenvalue weighted by Crippen LogP contribution is 2.50. The minimum Gasteiger partial charge on any atom is -0.159 e. The Bertz CT molecular complexity index is 119. The topological polar surface area (TPSA) is 0 Å². The monoisotopic (exact) mass is 192 g/mol. The Hall–Kier alpha value is 0.640. The maximum atomic E-state index is 5.86. The van der Waals surface area contributed by atoms with Gasteiger partial charge in [-0.05, 0) is 35.7 Å². The van der Waals surface area contributed by atoms with Gasteiger partial charge in [0, 0.05) is 5.88 Å². The summed E-state index contributed by atoms with van der Waals surface area (Å²) in [7, 11) is 0. The van der Waals surface area contributed by atoms with Crippen molar-refractivity contribution in [3.8, 4) is 0 Å². The zero-order valence-electron chi connectivity index (χ0n) is 7.40. The van der Waals surface area contributed by atoms with Crippen LogP contribution in [0, 0.1) is 5.41 Å². The van der Waals surface area contributed by atoms with Crippen LogP contribution in [0.3, 0.4) is 0 Å². The summed E-state index contributed by atoms with van der Waals surface area (Å²) in [5.41, 5.74) is 0.573. The van der Waals surface area contributed by atoms with Gasteiger partial charge in [-0.2, -0.15) is 11.8 Å². The molecule has 11 heavy (non-hydrogen) atoms. The lowest BCUT2D eigenvalue weighted by Gasteiger charge is -2.11. The molecule has 1 rings (SSSR count). The molecule has 1 fully saturated rings. The van der Waals surface area contributed by atoms with Gasteiger partial charge in [-0.15, -0.1) is 11.6 Å². The summed E-state index contributed by atoms with van der Waals surface area (Å²) in [6.07, 6.45) is 4.07. The molecule has 0 aromatic rings. The van der Waals surface area contributed by atoms with Crippen LogP contribution in [0.15, 0.2) is 0 Å². The molecule has 2 heteroatoms. The van der Waals surface area contributed by atoms with Gasteiger partial charge in [0.1, 0.15) is 0 Å². The molecule has 0 amide bonds. The van der Waals surface area contributed by atoms with Crippen molar-refractivity contribution in [2.75, 3.05) is 11.6 Å². The molecular weight excluding hydrogens is 176 g/mol. The van der Waals surface area contributed by atoms with E-state index in [2.05, 4.69) is 25.6 Å². The third kappa shape index (κ3) is 3.25. The number of halogens is 1. The lowest BCUT2D eigenvalue weighted by atomic mass is 10.1. The number of rotatable bonds is 5. The van der Waals surface area contributed by atoms with Crippen LogP contribution in [-0.2, 0) is 0 Å². The Kier molecular flexibility index (Phi) is 3.57. The first-order valence-electron chi connectivity index (χ1n) is 4.36.